The Morgan fingerprint density at radius 1 is 1.18 bits per heavy atom. The first-order chi connectivity index (χ1) is 7.83. The number of rotatable bonds is 5. The lowest BCUT2D eigenvalue weighted by molar-refractivity contribution is -0.125. The van der Waals surface area contributed by atoms with Gasteiger partial charge in [-0.25, -0.2) is 8.78 Å². The van der Waals surface area contributed by atoms with Crippen LogP contribution < -0.4 is 5.32 Å². The highest BCUT2D eigenvalue weighted by atomic mass is 35.5. The zero-order valence-corrected chi connectivity index (χ0v) is 10.0. The lowest BCUT2D eigenvalue weighted by Gasteiger charge is -2.15. The van der Waals surface area contributed by atoms with Crippen molar-refractivity contribution >= 4 is 23.2 Å². The molecule has 0 heterocycles. The molecule has 0 aliphatic rings. The molecular formula is C10H9Cl2F4N. The lowest BCUT2D eigenvalue weighted by Crippen LogP contribution is -2.38. The highest BCUT2D eigenvalue weighted by Crippen LogP contribution is 2.23. The average molecular weight is 290 g/mol. The topological polar surface area (TPSA) is 12.0 Å². The molecule has 1 rings (SSSR count). The highest BCUT2D eigenvalue weighted by molar-refractivity contribution is 6.42. The van der Waals surface area contributed by atoms with Gasteiger partial charge in [0.15, 0.2) is 0 Å². The van der Waals surface area contributed by atoms with Crippen molar-refractivity contribution < 1.29 is 17.6 Å². The molecule has 7 heteroatoms. The standard InChI is InChI=1S/C10H9Cl2F4N/c11-7-2-1-6(3-8(7)12)4-17-5-10(15,16)9(13)14/h1-3,9,17H,4-5H2. The molecule has 0 fully saturated rings. The molecular weight excluding hydrogens is 281 g/mol. The van der Waals surface area contributed by atoms with E-state index in [1.807, 2.05) is 0 Å². The van der Waals surface area contributed by atoms with Gasteiger partial charge in [-0.1, -0.05) is 29.3 Å². The van der Waals surface area contributed by atoms with Crippen molar-refractivity contribution in [3.63, 3.8) is 0 Å². The third-order valence-corrected chi connectivity index (χ3v) is 2.73. The smallest absolute Gasteiger partial charge is 0.307 e. The second-order valence-electron chi connectivity index (χ2n) is 3.41. The number of benzene rings is 1. The van der Waals surface area contributed by atoms with Crippen LogP contribution in [0.2, 0.25) is 10.0 Å². The first-order valence-corrected chi connectivity index (χ1v) is 5.39. The zero-order valence-electron chi connectivity index (χ0n) is 8.49. The maximum absolute atomic E-state index is 12.5. The first-order valence-electron chi connectivity index (χ1n) is 4.63. The van der Waals surface area contributed by atoms with Crippen LogP contribution >= 0.6 is 23.2 Å². The van der Waals surface area contributed by atoms with E-state index < -0.39 is 18.9 Å². The van der Waals surface area contributed by atoms with Crippen molar-refractivity contribution in [1.29, 1.82) is 0 Å². The van der Waals surface area contributed by atoms with Gasteiger partial charge in [0.25, 0.3) is 0 Å². The van der Waals surface area contributed by atoms with Gasteiger partial charge in [-0.15, -0.1) is 0 Å². The number of hydrogen-bond acceptors (Lipinski definition) is 1. The molecule has 0 spiro atoms. The van der Waals surface area contributed by atoms with Crippen LogP contribution in [0, 0.1) is 0 Å². The Kier molecular flexibility index (Phi) is 5.04. The summed E-state index contributed by atoms with van der Waals surface area (Å²) in [6.45, 7) is -1.08. The van der Waals surface area contributed by atoms with Crippen molar-refractivity contribution in [3.05, 3.63) is 33.8 Å². The van der Waals surface area contributed by atoms with Crippen LogP contribution in [0.4, 0.5) is 17.6 Å². The van der Waals surface area contributed by atoms with E-state index >= 15 is 0 Å². The molecule has 0 aromatic heterocycles. The summed E-state index contributed by atoms with van der Waals surface area (Å²) in [4.78, 5) is 0. The minimum atomic E-state index is -4.03. The lowest BCUT2D eigenvalue weighted by atomic mass is 10.2. The van der Waals surface area contributed by atoms with Gasteiger partial charge >= 0.3 is 12.3 Å². The van der Waals surface area contributed by atoms with Crippen LogP contribution in [0.15, 0.2) is 18.2 Å². The Labute approximate surface area is 106 Å². The molecule has 1 N–H and O–H groups in total. The fourth-order valence-electron chi connectivity index (χ4n) is 1.10. The summed E-state index contributed by atoms with van der Waals surface area (Å²) in [5.41, 5.74) is 0.587. The first kappa shape index (κ1) is 14.5. The van der Waals surface area contributed by atoms with Gasteiger partial charge in [0, 0.05) is 6.54 Å². The second-order valence-corrected chi connectivity index (χ2v) is 4.23. The molecule has 96 valence electrons. The Hall–Kier alpha value is -0.520. The molecule has 0 amide bonds. The fourth-order valence-corrected chi connectivity index (χ4v) is 1.42. The van der Waals surface area contributed by atoms with Gasteiger partial charge in [0.2, 0.25) is 0 Å². The maximum Gasteiger partial charge on any atom is 0.319 e. The molecule has 1 nitrogen and oxygen atoms in total. The predicted octanol–water partition coefficient (Wildman–Crippen LogP) is 3.98. The van der Waals surface area contributed by atoms with E-state index in [9.17, 15) is 17.6 Å². The molecule has 0 atom stereocenters. The van der Waals surface area contributed by atoms with E-state index in [1.54, 1.807) is 6.07 Å². The van der Waals surface area contributed by atoms with Crippen LogP contribution in [0.3, 0.4) is 0 Å². The van der Waals surface area contributed by atoms with Crippen molar-refractivity contribution in [3.8, 4) is 0 Å². The number of hydrogen-bond donors (Lipinski definition) is 1. The van der Waals surface area contributed by atoms with Crippen molar-refractivity contribution in [2.45, 2.75) is 18.9 Å². The Morgan fingerprint density at radius 2 is 1.82 bits per heavy atom. The molecule has 1 aromatic rings. The Morgan fingerprint density at radius 3 is 2.35 bits per heavy atom. The van der Waals surface area contributed by atoms with E-state index in [2.05, 4.69) is 5.32 Å². The van der Waals surface area contributed by atoms with Crippen LogP contribution in [-0.2, 0) is 6.54 Å². The van der Waals surface area contributed by atoms with Gasteiger partial charge in [-0.2, -0.15) is 8.78 Å². The Bertz CT molecular complexity index is 385. The van der Waals surface area contributed by atoms with Gasteiger partial charge in [0.05, 0.1) is 16.6 Å². The summed E-state index contributed by atoms with van der Waals surface area (Å²) in [5.74, 6) is -4.03. The van der Waals surface area contributed by atoms with E-state index in [1.165, 1.54) is 12.1 Å². The van der Waals surface area contributed by atoms with Crippen LogP contribution in [0.5, 0.6) is 0 Å². The molecule has 0 radical (unpaired) electrons. The van der Waals surface area contributed by atoms with Crippen LogP contribution in [-0.4, -0.2) is 18.9 Å². The van der Waals surface area contributed by atoms with Gasteiger partial charge in [-0.05, 0) is 17.7 Å². The SMILES string of the molecule is FC(F)C(F)(F)CNCc1ccc(Cl)c(Cl)c1. The fraction of sp³-hybridized carbons (Fsp3) is 0.400. The van der Waals surface area contributed by atoms with Gasteiger partial charge < -0.3 is 5.32 Å². The molecule has 1 aromatic carbocycles. The largest absolute Gasteiger partial charge is 0.319 e. The molecule has 0 aliphatic carbocycles. The van der Waals surface area contributed by atoms with Crippen LogP contribution in [0.25, 0.3) is 0 Å². The molecule has 0 aliphatic heterocycles. The van der Waals surface area contributed by atoms with Gasteiger partial charge in [0.1, 0.15) is 0 Å². The summed E-state index contributed by atoms with van der Waals surface area (Å²) in [7, 11) is 0. The van der Waals surface area contributed by atoms with E-state index in [4.69, 9.17) is 23.2 Å². The summed E-state index contributed by atoms with van der Waals surface area (Å²) < 4.78 is 48.7. The van der Waals surface area contributed by atoms with Crippen LogP contribution in [0.1, 0.15) is 5.56 Å². The average Bonchev–Trinajstić information content (AvgIpc) is 2.23. The van der Waals surface area contributed by atoms with E-state index in [0.717, 1.165) is 0 Å². The molecule has 0 unspecified atom stereocenters. The molecule has 0 saturated carbocycles. The third-order valence-electron chi connectivity index (χ3n) is 1.99. The van der Waals surface area contributed by atoms with E-state index in [0.29, 0.717) is 10.6 Å². The third kappa shape index (κ3) is 4.33. The van der Waals surface area contributed by atoms with Crippen molar-refractivity contribution in [1.82, 2.24) is 5.32 Å². The monoisotopic (exact) mass is 289 g/mol. The summed E-state index contributed by atoms with van der Waals surface area (Å²) in [6, 6.07) is 4.56. The minimum absolute atomic E-state index is 0.0131. The zero-order chi connectivity index (χ0) is 13.1. The highest BCUT2D eigenvalue weighted by Gasteiger charge is 2.39. The van der Waals surface area contributed by atoms with Crippen molar-refractivity contribution in [2.24, 2.45) is 0 Å². The number of halogens is 6. The predicted molar refractivity (Wildman–Crippen MR) is 59.1 cm³/mol. The van der Waals surface area contributed by atoms with E-state index in [-0.39, 0.29) is 11.6 Å². The molecule has 0 bridgehead atoms. The quantitative estimate of drug-likeness (QED) is 0.809. The summed E-state index contributed by atoms with van der Waals surface area (Å²) >= 11 is 11.4. The van der Waals surface area contributed by atoms with Crippen molar-refractivity contribution in [2.75, 3.05) is 6.54 Å². The van der Waals surface area contributed by atoms with Gasteiger partial charge in [-0.3, -0.25) is 0 Å². The Balaban J connectivity index is 2.49. The number of nitrogens with one attached hydrogen (secondary N) is 1. The number of alkyl halides is 4. The normalized spacial score (nSPS) is 12.2. The molecule has 17 heavy (non-hydrogen) atoms. The maximum atomic E-state index is 12.5. The summed E-state index contributed by atoms with van der Waals surface area (Å²) in [6.07, 6.45) is -3.68. The molecule has 0 saturated heterocycles. The summed E-state index contributed by atoms with van der Waals surface area (Å²) in [5, 5.41) is 2.86. The second kappa shape index (κ2) is 5.89. The minimum Gasteiger partial charge on any atom is -0.307 e.